The zero-order valence-corrected chi connectivity index (χ0v) is 12.5. The van der Waals surface area contributed by atoms with Gasteiger partial charge in [0.15, 0.2) is 0 Å². The average Bonchev–Trinajstić information content (AvgIpc) is 2.89. The summed E-state index contributed by atoms with van der Waals surface area (Å²) < 4.78 is 5.84. The van der Waals surface area contributed by atoms with Crippen molar-refractivity contribution in [2.24, 2.45) is 0 Å². The minimum Gasteiger partial charge on any atom is -0.478 e. The van der Waals surface area contributed by atoms with E-state index in [2.05, 4.69) is 21.2 Å². The first-order valence-corrected chi connectivity index (χ1v) is 6.92. The average molecular weight is 343 g/mol. The summed E-state index contributed by atoms with van der Waals surface area (Å²) in [5.74, 6) is -1.09. The Kier molecular flexibility index (Phi) is 4.61. The lowest BCUT2D eigenvalue weighted by molar-refractivity contribution is 0.0698. The Balaban J connectivity index is 2.10. The van der Waals surface area contributed by atoms with E-state index < -0.39 is 5.97 Å². The quantitative estimate of drug-likeness (QED) is 0.883. The number of nitrogens with zero attached hydrogens (tertiary/aromatic N) is 1. The van der Waals surface area contributed by atoms with Gasteiger partial charge in [-0.3, -0.25) is 0 Å². The van der Waals surface area contributed by atoms with E-state index in [4.69, 9.17) is 9.84 Å². The van der Waals surface area contributed by atoms with Gasteiger partial charge in [-0.05, 0) is 24.6 Å². The number of carboxylic acid groups (broad SMARTS) is 1. The largest absolute Gasteiger partial charge is 0.478 e. The summed E-state index contributed by atoms with van der Waals surface area (Å²) in [6.45, 7) is 1.12. The molecule has 1 saturated heterocycles. The monoisotopic (exact) mass is 342 g/mol. The Morgan fingerprint density at radius 3 is 2.85 bits per heavy atom. The number of ether oxygens (including phenoxy) is 1. The molecular formula is C13H15BrN2O4. The number of amides is 2. The molecule has 2 N–H and O–H groups in total. The maximum Gasteiger partial charge on any atom is 0.337 e. The molecule has 2 amide bonds. The summed E-state index contributed by atoms with van der Waals surface area (Å²) in [5, 5.41) is 11.8. The van der Waals surface area contributed by atoms with Crippen molar-refractivity contribution in [2.45, 2.75) is 12.5 Å². The Labute approximate surface area is 124 Å². The van der Waals surface area contributed by atoms with Gasteiger partial charge < -0.3 is 20.1 Å². The first-order chi connectivity index (χ1) is 9.51. The van der Waals surface area contributed by atoms with Crippen LogP contribution in [0.1, 0.15) is 16.8 Å². The van der Waals surface area contributed by atoms with Crippen molar-refractivity contribution in [1.82, 2.24) is 4.90 Å². The van der Waals surface area contributed by atoms with Gasteiger partial charge in [0.1, 0.15) is 0 Å². The van der Waals surface area contributed by atoms with E-state index >= 15 is 0 Å². The molecule has 1 aliphatic heterocycles. The van der Waals surface area contributed by atoms with Crippen LogP contribution in [0.5, 0.6) is 0 Å². The topological polar surface area (TPSA) is 78.9 Å². The molecule has 1 fully saturated rings. The van der Waals surface area contributed by atoms with Crippen molar-refractivity contribution in [3.8, 4) is 0 Å². The highest BCUT2D eigenvalue weighted by Gasteiger charge is 2.26. The van der Waals surface area contributed by atoms with E-state index in [9.17, 15) is 9.59 Å². The fourth-order valence-electron chi connectivity index (χ4n) is 2.10. The molecule has 1 heterocycles. The van der Waals surface area contributed by atoms with E-state index in [0.717, 1.165) is 6.42 Å². The number of carbonyl (C=O) groups is 2. The number of nitrogens with one attached hydrogen (secondary N) is 1. The van der Waals surface area contributed by atoms with Gasteiger partial charge in [0.05, 0.1) is 17.4 Å². The predicted octanol–water partition coefficient (Wildman–Crippen LogP) is 2.40. The molecule has 0 aromatic heterocycles. The van der Waals surface area contributed by atoms with Crippen LogP contribution in [0.2, 0.25) is 0 Å². The molecule has 1 aliphatic rings. The fourth-order valence-corrected chi connectivity index (χ4v) is 2.46. The van der Waals surface area contributed by atoms with Gasteiger partial charge >= 0.3 is 12.0 Å². The van der Waals surface area contributed by atoms with Gasteiger partial charge in [-0.2, -0.15) is 0 Å². The van der Waals surface area contributed by atoms with Gasteiger partial charge in [0.2, 0.25) is 0 Å². The third kappa shape index (κ3) is 3.29. The minimum absolute atomic E-state index is 0.0459. The van der Waals surface area contributed by atoms with E-state index in [0.29, 0.717) is 17.6 Å². The maximum absolute atomic E-state index is 12.1. The lowest BCUT2D eigenvalue weighted by Gasteiger charge is -2.18. The maximum atomic E-state index is 12.1. The Morgan fingerprint density at radius 1 is 1.50 bits per heavy atom. The highest BCUT2D eigenvalue weighted by molar-refractivity contribution is 9.10. The molecule has 0 spiro atoms. The van der Waals surface area contributed by atoms with Crippen LogP contribution in [-0.2, 0) is 4.74 Å². The van der Waals surface area contributed by atoms with Crippen LogP contribution in [0, 0.1) is 0 Å². The second-order valence-corrected chi connectivity index (χ2v) is 5.43. The number of urea groups is 1. The number of benzene rings is 1. The molecule has 20 heavy (non-hydrogen) atoms. The molecule has 0 radical (unpaired) electrons. The number of carbonyl (C=O) groups excluding carboxylic acids is 1. The summed E-state index contributed by atoms with van der Waals surface area (Å²) in [6, 6.07) is 4.40. The molecule has 1 aromatic rings. The van der Waals surface area contributed by atoms with Gasteiger partial charge in [0, 0.05) is 24.7 Å². The van der Waals surface area contributed by atoms with Crippen molar-refractivity contribution < 1.29 is 19.4 Å². The van der Waals surface area contributed by atoms with Gasteiger partial charge in [0.25, 0.3) is 0 Å². The first kappa shape index (κ1) is 14.8. The highest BCUT2D eigenvalue weighted by Crippen LogP contribution is 2.22. The molecular weight excluding hydrogens is 328 g/mol. The summed E-state index contributed by atoms with van der Waals surface area (Å²) >= 11 is 3.21. The zero-order valence-electron chi connectivity index (χ0n) is 10.9. The molecule has 2 rings (SSSR count). The highest BCUT2D eigenvalue weighted by atomic mass is 79.9. The Bertz CT molecular complexity index is 535. The molecule has 108 valence electrons. The molecule has 1 unspecified atom stereocenters. The Hall–Kier alpha value is -1.60. The molecule has 7 heteroatoms. The van der Waals surface area contributed by atoms with E-state index in [1.54, 1.807) is 24.1 Å². The summed E-state index contributed by atoms with van der Waals surface area (Å²) in [6.07, 6.45) is 0.834. The van der Waals surface area contributed by atoms with Crippen molar-refractivity contribution in [3.63, 3.8) is 0 Å². The fraction of sp³-hybridized carbons (Fsp3) is 0.385. The number of anilines is 1. The first-order valence-electron chi connectivity index (χ1n) is 6.13. The number of methoxy groups -OCH3 is 1. The van der Waals surface area contributed by atoms with Gasteiger partial charge in [-0.25, -0.2) is 9.59 Å². The van der Waals surface area contributed by atoms with Crippen molar-refractivity contribution in [2.75, 3.05) is 25.5 Å². The third-order valence-corrected chi connectivity index (χ3v) is 3.71. The third-order valence-electron chi connectivity index (χ3n) is 3.22. The number of hydrogen-bond acceptors (Lipinski definition) is 3. The molecule has 6 nitrogen and oxygen atoms in total. The number of halogens is 1. The number of aromatic carboxylic acids is 1. The minimum atomic E-state index is -1.09. The molecule has 0 aliphatic carbocycles. The Morgan fingerprint density at radius 2 is 2.25 bits per heavy atom. The second-order valence-electron chi connectivity index (χ2n) is 4.52. The van der Waals surface area contributed by atoms with Crippen molar-refractivity contribution in [1.29, 1.82) is 0 Å². The number of likely N-dealkylation sites (tertiary alicyclic amines) is 1. The van der Waals surface area contributed by atoms with E-state index in [1.165, 1.54) is 6.07 Å². The summed E-state index contributed by atoms with van der Waals surface area (Å²) in [4.78, 5) is 24.9. The van der Waals surface area contributed by atoms with Crippen LogP contribution in [0.3, 0.4) is 0 Å². The summed E-state index contributed by atoms with van der Waals surface area (Å²) in [7, 11) is 1.61. The SMILES string of the molecule is COC1CCN(C(=O)Nc2ccc(Br)cc2C(=O)O)C1. The van der Waals surface area contributed by atoms with E-state index in [-0.39, 0.29) is 23.4 Å². The van der Waals surface area contributed by atoms with Crippen LogP contribution in [0.25, 0.3) is 0 Å². The predicted molar refractivity (Wildman–Crippen MR) is 77.1 cm³/mol. The lowest BCUT2D eigenvalue weighted by Crippen LogP contribution is -2.34. The van der Waals surface area contributed by atoms with Crippen molar-refractivity contribution in [3.05, 3.63) is 28.2 Å². The van der Waals surface area contributed by atoms with Crippen LogP contribution < -0.4 is 5.32 Å². The molecule has 1 aromatic carbocycles. The molecule has 1 atom stereocenters. The number of carboxylic acids is 1. The van der Waals surface area contributed by atoms with E-state index in [1.807, 2.05) is 0 Å². The van der Waals surface area contributed by atoms with Crippen LogP contribution in [-0.4, -0.2) is 48.3 Å². The van der Waals surface area contributed by atoms with Crippen LogP contribution in [0.15, 0.2) is 22.7 Å². The van der Waals surface area contributed by atoms with Crippen LogP contribution in [0.4, 0.5) is 10.5 Å². The molecule has 0 saturated carbocycles. The zero-order chi connectivity index (χ0) is 14.7. The smallest absolute Gasteiger partial charge is 0.337 e. The number of hydrogen-bond donors (Lipinski definition) is 2. The number of rotatable bonds is 3. The standard InChI is InChI=1S/C13H15BrN2O4/c1-20-9-4-5-16(7-9)13(19)15-11-3-2-8(14)6-10(11)12(17)18/h2-3,6,9H,4-5,7H2,1H3,(H,15,19)(H,17,18). The van der Waals surface area contributed by atoms with Crippen LogP contribution >= 0.6 is 15.9 Å². The summed E-state index contributed by atoms with van der Waals surface area (Å²) in [5.41, 5.74) is 0.335. The lowest BCUT2D eigenvalue weighted by atomic mass is 10.2. The van der Waals surface area contributed by atoms with Gasteiger partial charge in [-0.1, -0.05) is 15.9 Å². The normalized spacial score (nSPS) is 18.1. The van der Waals surface area contributed by atoms with Gasteiger partial charge in [-0.15, -0.1) is 0 Å². The second kappa shape index (κ2) is 6.23. The molecule has 0 bridgehead atoms. The van der Waals surface area contributed by atoms with Crippen molar-refractivity contribution >= 4 is 33.6 Å².